The lowest BCUT2D eigenvalue weighted by atomic mass is 10.0. The summed E-state index contributed by atoms with van der Waals surface area (Å²) in [6, 6.07) is 13.0. The molecular formula is C16H16N4O. The van der Waals surface area contributed by atoms with Gasteiger partial charge < -0.3 is 10.8 Å². The van der Waals surface area contributed by atoms with Gasteiger partial charge in [0.2, 0.25) is 0 Å². The number of hydrogen-bond acceptors (Lipinski definition) is 4. The zero-order valence-corrected chi connectivity index (χ0v) is 11.9. The fourth-order valence-electron chi connectivity index (χ4n) is 2.38. The van der Waals surface area contributed by atoms with Gasteiger partial charge in [0, 0.05) is 5.56 Å². The van der Waals surface area contributed by atoms with E-state index in [1.54, 1.807) is 18.2 Å². The number of nitrogens with zero attached hydrogens (tertiary/aromatic N) is 3. The van der Waals surface area contributed by atoms with Gasteiger partial charge in [-0.05, 0) is 31.5 Å². The molecule has 5 heteroatoms. The van der Waals surface area contributed by atoms with Crippen LogP contribution >= 0.6 is 0 Å². The molecule has 0 bridgehead atoms. The Morgan fingerprint density at radius 3 is 2.57 bits per heavy atom. The first-order valence-corrected chi connectivity index (χ1v) is 6.65. The van der Waals surface area contributed by atoms with Crippen molar-refractivity contribution in [3.05, 3.63) is 53.6 Å². The van der Waals surface area contributed by atoms with Crippen LogP contribution < -0.4 is 5.73 Å². The third-order valence-electron chi connectivity index (χ3n) is 3.45. The maximum Gasteiger partial charge on any atom is 0.156 e. The first-order valence-electron chi connectivity index (χ1n) is 6.65. The third kappa shape index (κ3) is 2.23. The van der Waals surface area contributed by atoms with Crippen molar-refractivity contribution in [1.82, 2.24) is 15.0 Å². The maximum absolute atomic E-state index is 9.92. The molecule has 1 aromatic heterocycles. The predicted molar refractivity (Wildman–Crippen MR) is 82.3 cm³/mol. The molecule has 0 spiro atoms. The Labute approximate surface area is 122 Å². The fourth-order valence-corrected chi connectivity index (χ4v) is 2.38. The smallest absolute Gasteiger partial charge is 0.156 e. The standard InChI is InChI=1S/C16H16N4O/c1-10-7-8-12(11(2)9-10)15-16(17)20(19-18-15)13-5-3-4-6-14(13)21/h3-9,21H,17H2,1-2H3. The Hall–Kier alpha value is -2.82. The van der Waals surface area contributed by atoms with E-state index in [-0.39, 0.29) is 5.75 Å². The van der Waals surface area contributed by atoms with E-state index in [2.05, 4.69) is 16.4 Å². The minimum Gasteiger partial charge on any atom is -0.506 e. The highest BCUT2D eigenvalue weighted by Crippen LogP contribution is 2.30. The Kier molecular flexibility index (Phi) is 3.10. The zero-order chi connectivity index (χ0) is 15.0. The van der Waals surface area contributed by atoms with Crippen molar-refractivity contribution in [3.63, 3.8) is 0 Å². The van der Waals surface area contributed by atoms with Gasteiger partial charge in [-0.3, -0.25) is 0 Å². The Morgan fingerprint density at radius 2 is 1.86 bits per heavy atom. The average Bonchev–Trinajstić information content (AvgIpc) is 2.81. The van der Waals surface area contributed by atoms with Gasteiger partial charge in [-0.25, -0.2) is 0 Å². The molecule has 0 saturated heterocycles. The summed E-state index contributed by atoms with van der Waals surface area (Å²) in [4.78, 5) is 0. The van der Waals surface area contributed by atoms with Crippen LogP contribution in [0, 0.1) is 13.8 Å². The summed E-state index contributed by atoms with van der Waals surface area (Å²) in [5, 5.41) is 18.2. The highest BCUT2D eigenvalue weighted by molar-refractivity contribution is 5.74. The summed E-state index contributed by atoms with van der Waals surface area (Å²) in [5.74, 6) is 0.518. The van der Waals surface area contributed by atoms with Gasteiger partial charge in [0.05, 0.1) is 0 Å². The maximum atomic E-state index is 9.92. The molecule has 2 aromatic carbocycles. The second-order valence-corrected chi connectivity index (χ2v) is 5.04. The molecule has 0 aliphatic rings. The molecule has 0 saturated carbocycles. The first kappa shape index (κ1) is 13.2. The lowest BCUT2D eigenvalue weighted by Gasteiger charge is -2.07. The number of aromatic nitrogens is 3. The molecule has 0 unspecified atom stereocenters. The SMILES string of the molecule is Cc1ccc(-c2nnn(-c3ccccc3O)c2N)c(C)c1. The molecule has 0 atom stereocenters. The molecule has 3 N–H and O–H groups in total. The summed E-state index contributed by atoms with van der Waals surface area (Å²) in [6.45, 7) is 4.06. The predicted octanol–water partition coefficient (Wildman–Crippen LogP) is 2.84. The minimum atomic E-state index is 0.112. The molecule has 106 valence electrons. The number of benzene rings is 2. The van der Waals surface area contributed by atoms with Crippen molar-refractivity contribution in [1.29, 1.82) is 0 Å². The zero-order valence-electron chi connectivity index (χ0n) is 11.9. The van der Waals surface area contributed by atoms with E-state index in [4.69, 9.17) is 5.73 Å². The highest BCUT2D eigenvalue weighted by Gasteiger charge is 2.16. The Morgan fingerprint density at radius 1 is 1.10 bits per heavy atom. The summed E-state index contributed by atoms with van der Waals surface area (Å²) < 4.78 is 1.45. The van der Waals surface area contributed by atoms with Crippen LogP contribution in [0.15, 0.2) is 42.5 Å². The molecule has 21 heavy (non-hydrogen) atoms. The van der Waals surface area contributed by atoms with E-state index in [9.17, 15) is 5.11 Å². The number of para-hydroxylation sites is 2. The molecule has 5 nitrogen and oxygen atoms in total. The van der Waals surface area contributed by atoms with E-state index in [1.807, 2.05) is 32.0 Å². The van der Waals surface area contributed by atoms with Crippen LogP contribution in [0.3, 0.4) is 0 Å². The van der Waals surface area contributed by atoms with E-state index in [0.29, 0.717) is 17.2 Å². The third-order valence-corrected chi connectivity index (χ3v) is 3.45. The topological polar surface area (TPSA) is 77.0 Å². The van der Waals surface area contributed by atoms with E-state index in [1.165, 1.54) is 10.2 Å². The van der Waals surface area contributed by atoms with Crippen LogP contribution in [0.25, 0.3) is 16.9 Å². The molecule has 1 heterocycles. The monoisotopic (exact) mass is 280 g/mol. The molecule has 0 aliphatic heterocycles. The lowest BCUT2D eigenvalue weighted by molar-refractivity contribution is 0.470. The quantitative estimate of drug-likeness (QED) is 0.756. The van der Waals surface area contributed by atoms with Crippen LogP contribution in [0.4, 0.5) is 5.82 Å². The van der Waals surface area contributed by atoms with Crippen LogP contribution in [0.2, 0.25) is 0 Å². The normalized spacial score (nSPS) is 10.8. The van der Waals surface area contributed by atoms with Gasteiger partial charge in [0.15, 0.2) is 5.82 Å². The van der Waals surface area contributed by atoms with E-state index < -0.39 is 0 Å². The van der Waals surface area contributed by atoms with Crippen LogP contribution in [0.5, 0.6) is 5.75 Å². The second kappa shape index (κ2) is 4.94. The van der Waals surface area contributed by atoms with Gasteiger partial charge in [-0.15, -0.1) is 5.10 Å². The van der Waals surface area contributed by atoms with Crippen LogP contribution in [-0.2, 0) is 0 Å². The lowest BCUT2D eigenvalue weighted by Crippen LogP contribution is -2.02. The average molecular weight is 280 g/mol. The van der Waals surface area contributed by atoms with Crippen molar-refractivity contribution < 1.29 is 5.11 Å². The highest BCUT2D eigenvalue weighted by atomic mass is 16.3. The summed E-state index contributed by atoms with van der Waals surface area (Å²) in [5.41, 5.74) is 10.5. The number of aromatic hydroxyl groups is 1. The van der Waals surface area contributed by atoms with Crippen molar-refractivity contribution in [2.45, 2.75) is 13.8 Å². The van der Waals surface area contributed by atoms with Gasteiger partial charge in [-0.1, -0.05) is 41.1 Å². The van der Waals surface area contributed by atoms with Gasteiger partial charge in [0.25, 0.3) is 0 Å². The number of aryl methyl sites for hydroxylation is 2. The number of hydrogen-bond donors (Lipinski definition) is 2. The fraction of sp³-hybridized carbons (Fsp3) is 0.125. The molecule has 3 aromatic rings. The first-order chi connectivity index (χ1) is 10.1. The second-order valence-electron chi connectivity index (χ2n) is 5.04. The Balaban J connectivity index is 2.14. The number of phenolic OH excluding ortho intramolecular Hbond substituents is 1. The van der Waals surface area contributed by atoms with Crippen molar-refractivity contribution in [2.75, 3.05) is 5.73 Å². The van der Waals surface area contributed by atoms with Crippen LogP contribution in [0.1, 0.15) is 11.1 Å². The van der Waals surface area contributed by atoms with E-state index in [0.717, 1.165) is 11.1 Å². The summed E-state index contributed by atoms with van der Waals surface area (Å²) in [6.07, 6.45) is 0. The molecule has 0 amide bonds. The van der Waals surface area contributed by atoms with Gasteiger partial charge in [0.1, 0.15) is 17.1 Å². The molecular weight excluding hydrogens is 264 g/mol. The van der Waals surface area contributed by atoms with E-state index >= 15 is 0 Å². The molecule has 0 radical (unpaired) electrons. The summed E-state index contributed by atoms with van der Waals surface area (Å²) >= 11 is 0. The number of rotatable bonds is 2. The number of nitrogens with two attached hydrogens (primary N) is 1. The van der Waals surface area contributed by atoms with Gasteiger partial charge in [-0.2, -0.15) is 4.68 Å². The van der Waals surface area contributed by atoms with Crippen molar-refractivity contribution in [3.8, 4) is 22.7 Å². The van der Waals surface area contributed by atoms with Crippen molar-refractivity contribution >= 4 is 5.82 Å². The van der Waals surface area contributed by atoms with Gasteiger partial charge >= 0.3 is 0 Å². The van der Waals surface area contributed by atoms with Crippen LogP contribution in [-0.4, -0.2) is 20.1 Å². The largest absolute Gasteiger partial charge is 0.506 e. The Bertz CT molecular complexity index is 808. The molecule has 3 rings (SSSR count). The van der Waals surface area contributed by atoms with Crippen molar-refractivity contribution in [2.24, 2.45) is 0 Å². The number of anilines is 1. The molecule has 0 aliphatic carbocycles. The summed E-state index contributed by atoms with van der Waals surface area (Å²) in [7, 11) is 0. The number of nitrogen functional groups attached to an aromatic ring is 1. The number of phenols is 1. The molecule has 0 fully saturated rings. The minimum absolute atomic E-state index is 0.112.